The lowest BCUT2D eigenvalue weighted by atomic mass is 10.2. The van der Waals surface area contributed by atoms with Crippen molar-refractivity contribution in [2.24, 2.45) is 5.10 Å². The van der Waals surface area contributed by atoms with Crippen LogP contribution in [0.4, 0.5) is 5.69 Å². The van der Waals surface area contributed by atoms with Crippen LogP contribution in [0.5, 0.6) is 5.75 Å². The summed E-state index contributed by atoms with van der Waals surface area (Å²) in [7, 11) is 0. The smallest absolute Gasteiger partial charge is 0.311 e. The number of aryl methyl sites for hydroxylation is 1. The van der Waals surface area contributed by atoms with E-state index in [0.29, 0.717) is 22.3 Å². The summed E-state index contributed by atoms with van der Waals surface area (Å²) >= 11 is 0. The minimum Gasteiger partial charge on any atom is -0.502 e. The molecular weight excluding hydrogens is 312 g/mol. The number of rotatable bonds is 3. The first-order valence-corrected chi connectivity index (χ1v) is 6.97. The maximum Gasteiger partial charge on any atom is 0.311 e. The number of aromatic hydroxyl groups is 1. The van der Waals surface area contributed by atoms with Gasteiger partial charge in [0.05, 0.1) is 22.0 Å². The molecule has 0 unspecified atom stereocenters. The Kier molecular flexibility index (Phi) is 3.78. The molecule has 0 aliphatic heterocycles. The third-order valence-corrected chi connectivity index (χ3v) is 3.43. The third-order valence-electron chi connectivity index (χ3n) is 3.43. The minimum absolute atomic E-state index is 0.331. The van der Waals surface area contributed by atoms with Crippen molar-refractivity contribution < 1.29 is 10.0 Å². The maximum atomic E-state index is 12.5. The van der Waals surface area contributed by atoms with E-state index in [-0.39, 0.29) is 5.56 Å². The van der Waals surface area contributed by atoms with Gasteiger partial charge in [-0.3, -0.25) is 14.9 Å². The number of nitro benzene ring substituents is 1. The molecule has 120 valence electrons. The molecule has 3 rings (SSSR count). The summed E-state index contributed by atoms with van der Waals surface area (Å²) in [5.41, 5.74) is 0.188. The quantitative estimate of drug-likeness (QED) is 0.451. The molecule has 2 aromatic carbocycles. The molecule has 0 aliphatic rings. The highest BCUT2D eigenvalue weighted by Crippen LogP contribution is 2.25. The number of fused-ring (bicyclic) bond motifs is 1. The zero-order chi connectivity index (χ0) is 17.3. The number of aromatic nitrogens is 2. The van der Waals surface area contributed by atoms with Crippen molar-refractivity contribution in [1.82, 2.24) is 9.66 Å². The lowest BCUT2D eigenvalue weighted by molar-refractivity contribution is -0.385. The summed E-state index contributed by atoms with van der Waals surface area (Å²) in [6.07, 6.45) is 1.30. The normalized spacial score (nSPS) is 11.2. The summed E-state index contributed by atoms with van der Waals surface area (Å²) in [5, 5.41) is 24.8. The van der Waals surface area contributed by atoms with E-state index in [1.54, 1.807) is 31.2 Å². The fourth-order valence-corrected chi connectivity index (χ4v) is 2.26. The summed E-state index contributed by atoms with van der Waals surface area (Å²) in [5.74, 6) is -0.0407. The van der Waals surface area contributed by atoms with Gasteiger partial charge in [-0.15, -0.1) is 0 Å². The Morgan fingerprint density at radius 1 is 1.29 bits per heavy atom. The van der Waals surface area contributed by atoms with Gasteiger partial charge in [0, 0.05) is 11.6 Å². The van der Waals surface area contributed by atoms with Crippen LogP contribution in [-0.2, 0) is 0 Å². The second-order valence-electron chi connectivity index (χ2n) is 5.04. The van der Waals surface area contributed by atoms with Gasteiger partial charge in [-0.1, -0.05) is 12.1 Å². The van der Waals surface area contributed by atoms with Crippen LogP contribution in [0.15, 0.2) is 52.4 Å². The largest absolute Gasteiger partial charge is 0.502 e. The number of nitro groups is 1. The molecule has 0 saturated carbocycles. The van der Waals surface area contributed by atoms with E-state index in [0.717, 1.165) is 4.68 Å². The molecule has 1 aromatic heterocycles. The Hall–Kier alpha value is -3.55. The van der Waals surface area contributed by atoms with Gasteiger partial charge < -0.3 is 5.11 Å². The lowest BCUT2D eigenvalue weighted by Gasteiger charge is -2.05. The lowest BCUT2D eigenvalue weighted by Crippen LogP contribution is -2.20. The zero-order valence-electron chi connectivity index (χ0n) is 12.6. The average Bonchev–Trinajstić information content (AvgIpc) is 2.55. The summed E-state index contributed by atoms with van der Waals surface area (Å²) < 4.78 is 1.13. The van der Waals surface area contributed by atoms with Crippen molar-refractivity contribution in [3.05, 3.63) is 74.3 Å². The molecule has 0 amide bonds. The molecule has 8 nitrogen and oxygen atoms in total. The van der Waals surface area contributed by atoms with Gasteiger partial charge in [0.1, 0.15) is 5.82 Å². The second-order valence-corrected chi connectivity index (χ2v) is 5.04. The van der Waals surface area contributed by atoms with E-state index in [9.17, 15) is 20.0 Å². The van der Waals surface area contributed by atoms with Crippen molar-refractivity contribution in [3.8, 4) is 5.75 Å². The zero-order valence-corrected chi connectivity index (χ0v) is 12.6. The average molecular weight is 324 g/mol. The molecule has 3 aromatic rings. The molecule has 24 heavy (non-hydrogen) atoms. The topological polar surface area (TPSA) is 111 Å². The molecule has 0 spiro atoms. The predicted octanol–water partition coefficient (Wildman–Crippen LogP) is 2.20. The van der Waals surface area contributed by atoms with Gasteiger partial charge in [-0.05, 0) is 31.2 Å². The fraction of sp³-hybridized carbons (Fsp3) is 0.0625. The van der Waals surface area contributed by atoms with Crippen molar-refractivity contribution in [3.63, 3.8) is 0 Å². The van der Waals surface area contributed by atoms with Crippen molar-refractivity contribution >= 4 is 22.8 Å². The maximum absolute atomic E-state index is 12.5. The molecule has 8 heteroatoms. The fourth-order valence-electron chi connectivity index (χ4n) is 2.26. The van der Waals surface area contributed by atoms with Crippen LogP contribution in [0.2, 0.25) is 0 Å². The Labute approximate surface area is 135 Å². The van der Waals surface area contributed by atoms with Crippen molar-refractivity contribution in [2.75, 3.05) is 0 Å². The van der Waals surface area contributed by atoms with Crippen LogP contribution >= 0.6 is 0 Å². The predicted molar refractivity (Wildman–Crippen MR) is 88.5 cm³/mol. The van der Waals surface area contributed by atoms with Crippen LogP contribution in [0.25, 0.3) is 10.9 Å². The molecule has 1 heterocycles. The molecule has 0 bridgehead atoms. The van der Waals surface area contributed by atoms with Gasteiger partial charge in [-0.2, -0.15) is 9.78 Å². The first kappa shape index (κ1) is 15.3. The second kappa shape index (κ2) is 5.92. The highest BCUT2D eigenvalue weighted by molar-refractivity contribution is 5.82. The Balaban J connectivity index is 2.07. The molecular formula is C16H12N4O4. The van der Waals surface area contributed by atoms with Crippen molar-refractivity contribution in [1.29, 1.82) is 0 Å². The van der Waals surface area contributed by atoms with Crippen molar-refractivity contribution in [2.45, 2.75) is 6.92 Å². The first-order valence-electron chi connectivity index (χ1n) is 6.97. The molecule has 0 radical (unpaired) electrons. The van der Waals surface area contributed by atoms with E-state index in [1.807, 2.05) is 0 Å². The monoisotopic (exact) mass is 324 g/mol. The van der Waals surface area contributed by atoms with E-state index < -0.39 is 16.4 Å². The summed E-state index contributed by atoms with van der Waals surface area (Å²) in [6.45, 7) is 1.64. The number of phenols is 1. The molecule has 1 N–H and O–H groups in total. The van der Waals surface area contributed by atoms with Crippen LogP contribution in [0.3, 0.4) is 0 Å². The summed E-state index contributed by atoms with van der Waals surface area (Å²) in [6, 6.07) is 10.8. The number of benzene rings is 2. The molecule has 0 aliphatic carbocycles. The molecule has 0 saturated heterocycles. The first-order chi connectivity index (χ1) is 11.5. The van der Waals surface area contributed by atoms with Crippen LogP contribution in [0, 0.1) is 17.0 Å². The van der Waals surface area contributed by atoms with E-state index in [2.05, 4.69) is 10.1 Å². The van der Waals surface area contributed by atoms with Crippen LogP contribution in [0.1, 0.15) is 11.4 Å². The van der Waals surface area contributed by atoms with Gasteiger partial charge in [0.2, 0.25) is 0 Å². The van der Waals surface area contributed by atoms with Gasteiger partial charge >= 0.3 is 5.69 Å². The van der Waals surface area contributed by atoms with Crippen LogP contribution in [-0.4, -0.2) is 25.9 Å². The standard InChI is InChI=1S/C16H12N4O4/c1-10-18-13-5-3-2-4-12(13)16(22)19(10)17-9-11-6-7-15(21)14(8-11)20(23)24/h2-9,21H,1H3/b17-9-. The molecule has 0 atom stereocenters. The molecule has 0 fully saturated rings. The van der Waals surface area contributed by atoms with Crippen LogP contribution < -0.4 is 5.56 Å². The number of hydrogen-bond acceptors (Lipinski definition) is 6. The van der Waals surface area contributed by atoms with Gasteiger partial charge in [-0.25, -0.2) is 4.98 Å². The Morgan fingerprint density at radius 3 is 2.79 bits per heavy atom. The number of phenolic OH excluding ortho intramolecular Hbond substituents is 1. The summed E-state index contributed by atoms with van der Waals surface area (Å²) in [4.78, 5) is 26.9. The van der Waals surface area contributed by atoms with E-state index >= 15 is 0 Å². The Bertz CT molecular complexity index is 1040. The van der Waals surface area contributed by atoms with Gasteiger partial charge in [0.15, 0.2) is 5.75 Å². The highest BCUT2D eigenvalue weighted by atomic mass is 16.6. The number of hydrogen-bond donors (Lipinski definition) is 1. The third kappa shape index (κ3) is 2.72. The minimum atomic E-state index is -0.693. The van der Waals surface area contributed by atoms with E-state index in [4.69, 9.17) is 0 Å². The van der Waals surface area contributed by atoms with E-state index in [1.165, 1.54) is 24.4 Å². The SMILES string of the molecule is Cc1nc2ccccc2c(=O)n1/N=C\c1ccc(O)c([N+](=O)[O-])c1. The number of para-hydroxylation sites is 1. The number of nitrogens with zero attached hydrogens (tertiary/aromatic N) is 4. The van der Waals surface area contributed by atoms with Gasteiger partial charge in [0.25, 0.3) is 5.56 Å². The Morgan fingerprint density at radius 2 is 2.04 bits per heavy atom. The highest BCUT2D eigenvalue weighted by Gasteiger charge is 2.13.